The van der Waals surface area contributed by atoms with Crippen LogP contribution in [0.2, 0.25) is 0 Å². The molecule has 3 N–H and O–H groups in total. The molecule has 0 spiro atoms. The SMILES string of the molecule is C=CCN(C)C(=O)N[C@H](Cc1ccc(O)cc1)C(=O)O. The summed E-state index contributed by atoms with van der Waals surface area (Å²) >= 11 is 0. The van der Waals surface area contributed by atoms with E-state index in [-0.39, 0.29) is 12.2 Å². The molecule has 0 aliphatic carbocycles. The van der Waals surface area contributed by atoms with Crippen molar-refractivity contribution in [3.8, 4) is 5.75 Å². The molecular formula is C14H18N2O4. The van der Waals surface area contributed by atoms with Gasteiger partial charge >= 0.3 is 12.0 Å². The van der Waals surface area contributed by atoms with Crippen LogP contribution in [0.4, 0.5) is 4.79 Å². The van der Waals surface area contributed by atoms with Crippen LogP contribution in [-0.2, 0) is 11.2 Å². The molecule has 0 unspecified atom stereocenters. The van der Waals surface area contributed by atoms with Gasteiger partial charge in [-0.2, -0.15) is 0 Å². The molecular weight excluding hydrogens is 260 g/mol. The van der Waals surface area contributed by atoms with E-state index in [0.717, 1.165) is 0 Å². The maximum absolute atomic E-state index is 11.8. The number of nitrogens with one attached hydrogen (secondary N) is 1. The quantitative estimate of drug-likeness (QED) is 0.682. The minimum Gasteiger partial charge on any atom is -0.508 e. The zero-order chi connectivity index (χ0) is 15.1. The van der Waals surface area contributed by atoms with Crippen LogP contribution in [0.3, 0.4) is 0 Å². The number of urea groups is 1. The van der Waals surface area contributed by atoms with E-state index in [2.05, 4.69) is 11.9 Å². The minimum atomic E-state index is -1.11. The van der Waals surface area contributed by atoms with Crippen molar-refractivity contribution in [1.82, 2.24) is 10.2 Å². The highest BCUT2D eigenvalue weighted by atomic mass is 16.4. The van der Waals surface area contributed by atoms with Crippen molar-refractivity contribution in [1.29, 1.82) is 0 Å². The number of carbonyl (C=O) groups excluding carboxylic acids is 1. The van der Waals surface area contributed by atoms with Crippen LogP contribution in [0.5, 0.6) is 5.75 Å². The van der Waals surface area contributed by atoms with Crippen molar-refractivity contribution < 1.29 is 19.8 Å². The first-order chi connectivity index (χ1) is 9.43. The summed E-state index contributed by atoms with van der Waals surface area (Å²) in [5.41, 5.74) is 0.710. The topological polar surface area (TPSA) is 89.9 Å². The van der Waals surface area contributed by atoms with Gasteiger partial charge in [0, 0.05) is 20.0 Å². The Morgan fingerprint density at radius 3 is 2.50 bits per heavy atom. The number of aromatic hydroxyl groups is 1. The molecule has 1 atom stereocenters. The summed E-state index contributed by atoms with van der Waals surface area (Å²) in [7, 11) is 1.55. The smallest absolute Gasteiger partial charge is 0.326 e. The average Bonchev–Trinajstić information content (AvgIpc) is 2.40. The van der Waals surface area contributed by atoms with Gasteiger partial charge in [-0.05, 0) is 17.7 Å². The molecule has 0 radical (unpaired) electrons. The number of likely N-dealkylation sites (N-methyl/N-ethyl adjacent to an activating group) is 1. The number of hydrogen-bond acceptors (Lipinski definition) is 3. The average molecular weight is 278 g/mol. The number of rotatable bonds is 6. The summed E-state index contributed by atoms with van der Waals surface area (Å²) in [5, 5.41) is 20.8. The van der Waals surface area contributed by atoms with Crippen LogP contribution < -0.4 is 5.32 Å². The molecule has 0 aliphatic heterocycles. The number of phenolic OH excluding ortho intramolecular Hbond substituents is 1. The van der Waals surface area contributed by atoms with Gasteiger partial charge in [0.1, 0.15) is 11.8 Å². The first-order valence-electron chi connectivity index (χ1n) is 6.07. The van der Waals surface area contributed by atoms with Crippen molar-refractivity contribution >= 4 is 12.0 Å². The van der Waals surface area contributed by atoms with Gasteiger partial charge in [-0.15, -0.1) is 6.58 Å². The first kappa shape index (κ1) is 15.6. The molecule has 1 aromatic rings. The largest absolute Gasteiger partial charge is 0.508 e. The van der Waals surface area contributed by atoms with Gasteiger partial charge in [-0.3, -0.25) is 0 Å². The van der Waals surface area contributed by atoms with Gasteiger partial charge < -0.3 is 20.4 Å². The fourth-order valence-electron chi connectivity index (χ4n) is 1.60. The van der Waals surface area contributed by atoms with E-state index in [1.165, 1.54) is 17.0 Å². The third kappa shape index (κ3) is 4.64. The number of hydrogen-bond donors (Lipinski definition) is 3. The Labute approximate surface area is 117 Å². The number of carboxylic acid groups (broad SMARTS) is 1. The molecule has 2 amide bonds. The third-order valence-corrected chi connectivity index (χ3v) is 2.72. The number of aliphatic carboxylic acids is 1. The summed E-state index contributed by atoms with van der Waals surface area (Å²) < 4.78 is 0. The molecule has 0 saturated heterocycles. The van der Waals surface area contributed by atoms with E-state index < -0.39 is 18.0 Å². The van der Waals surface area contributed by atoms with E-state index in [9.17, 15) is 14.7 Å². The summed E-state index contributed by atoms with van der Waals surface area (Å²) in [6.45, 7) is 3.84. The normalized spacial score (nSPS) is 11.4. The highest BCUT2D eigenvalue weighted by Crippen LogP contribution is 2.11. The fraction of sp³-hybridized carbons (Fsp3) is 0.286. The van der Waals surface area contributed by atoms with Crippen molar-refractivity contribution in [2.45, 2.75) is 12.5 Å². The number of carboxylic acids is 1. The lowest BCUT2D eigenvalue weighted by molar-refractivity contribution is -0.139. The molecule has 20 heavy (non-hydrogen) atoms. The molecule has 6 heteroatoms. The van der Waals surface area contributed by atoms with Crippen molar-refractivity contribution in [3.63, 3.8) is 0 Å². The summed E-state index contributed by atoms with van der Waals surface area (Å²) in [4.78, 5) is 24.3. The standard InChI is InChI=1S/C14H18N2O4/c1-3-8-16(2)14(20)15-12(13(18)19)9-10-4-6-11(17)7-5-10/h3-7,12,17H,1,8-9H2,2H3,(H,15,20)(H,18,19)/t12-/m1/s1. The maximum atomic E-state index is 11.8. The van der Waals surface area contributed by atoms with Gasteiger partial charge in [0.05, 0.1) is 0 Å². The van der Waals surface area contributed by atoms with Crippen molar-refractivity contribution in [2.24, 2.45) is 0 Å². The fourth-order valence-corrected chi connectivity index (χ4v) is 1.60. The van der Waals surface area contributed by atoms with E-state index >= 15 is 0 Å². The molecule has 0 heterocycles. The monoisotopic (exact) mass is 278 g/mol. The molecule has 6 nitrogen and oxygen atoms in total. The Kier molecular flexibility index (Phi) is 5.58. The number of amides is 2. The summed E-state index contributed by atoms with van der Waals surface area (Å²) in [5.74, 6) is -1.01. The van der Waals surface area contributed by atoms with Gasteiger partial charge in [-0.25, -0.2) is 9.59 Å². The molecule has 0 bridgehead atoms. The van der Waals surface area contributed by atoms with Crippen LogP contribution in [0, 0.1) is 0 Å². The lowest BCUT2D eigenvalue weighted by atomic mass is 10.1. The highest BCUT2D eigenvalue weighted by Gasteiger charge is 2.21. The van der Waals surface area contributed by atoms with Gasteiger partial charge in [0.15, 0.2) is 0 Å². The molecule has 0 aromatic heterocycles. The second-order valence-corrected chi connectivity index (χ2v) is 4.38. The molecule has 1 aromatic carbocycles. The Balaban J connectivity index is 2.70. The molecule has 108 valence electrons. The molecule has 0 saturated carbocycles. The summed E-state index contributed by atoms with van der Waals surface area (Å²) in [6.07, 6.45) is 1.69. The maximum Gasteiger partial charge on any atom is 0.326 e. The second kappa shape index (κ2) is 7.18. The van der Waals surface area contributed by atoms with E-state index in [1.54, 1.807) is 25.3 Å². The Morgan fingerprint density at radius 2 is 2.00 bits per heavy atom. The van der Waals surface area contributed by atoms with Gasteiger partial charge in [0.2, 0.25) is 0 Å². The predicted octanol–water partition coefficient (Wildman–Crippen LogP) is 1.22. The Morgan fingerprint density at radius 1 is 1.40 bits per heavy atom. The zero-order valence-electron chi connectivity index (χ0n) is 11.2. The van der Waals surface area contributed by atoms with E-state index in [0.29, 0.717) is 12.1 Å². The van der Waals surface area contributed by atoms with E-state index in [4.69, 9.17) is 5.11 Å². The highest BCUT2D eigenvalue weighted by molar-refractivity contribution is 5.82. The number of nitrogens with zero attached hydrogens (tertiary/aromatic N) is 1. The molecule has 1 rings (SSSR count). The first-order valence-corrected chi connectivity index (χ1v) is 6.07. The van der Waals surface area contributed by atoms with Gasteiger partial charge in [-0.1, -0.05) is 18.2 Å². The Bertz CT molecular complexity index is 484. The predicted molar refractivity (Wildman–Crippen MR) is 74.6 cm³/mol. The van der Waals surface area contributed by atoms with Crippen LogP contribution >= 0.6 is 0 Å². The van der Waals surface area contributed by atoms with Crippen LogP contribution in [0.15, 0.2) is 36.9 Å². The zero-order valence-corrected chi connectivity index (χ0v) is 11.2. The lowest BCUT2D eigenvalue weighted by Crippen LogP contribution is -2.47. The Hall–Kier alpha value is -2.50. The van der Waals surface area contributed by atoms with Crippen LogP contribution in [0.25, 0.3) is 0 Å². The van der Waals surface area contributed by atoms with Gasteiger partial charge in [0.25, 0.3) is 0 Å². The molecule has 0 fully saturated rings. The summed E-state index contributed by atoms with van der Waals surface area (Å²) in [6, 6.07) is 4.67. The third-order valence-electron chi connectivity index (χ3n) is 2.72. The lowest BCUT2D eigenvalue weighted by Gasteiger charge is -2.20. The van der Waals surface area contributed by atoms with Crippen LogP contribution in [-0.4, -0.2) is 46.7 Å². The molecule has 0 aliphatic rings. The number of benzene rings is 1. The number of carbonyl (C=O) groups is 2. The van der Waals surface area contributed by atoms with Crippen LogP contribution in [0.1, 0.15) is 5.56 Å². The number of phenols is 1. The van der Waals surface area contributed by atoms with Crippen molar-refractivity contribution in [2.75, 3.05) is 13.6 Å². The van der Waals surface area contributed by atoms with E-state index in [1.807, 2.05) is 0 Å². The van der Waals surface area contributed by atoms with Crippen molar-refractivity contribution in [3.05, 3.63) is 42.5 Å². The second-order valence-electron chi connectivity index (χ2n) is 4.38. The minimum absolute atomic E-state index is 0.107.